The zero-order chi connectivity index (χ0) is 67.0. The quantitative estimate of drug-likeness (QED) is 0.0169. The van der Waals surface area contributed by atoms with E-state index in [0.29, 0.717) is 25.7 Å². The number of aliphatic hydroxyl groups is 1. The number of ether oxygens (including phenoxy) is 4. The highest BCUT2D eigenvalue weighted by atomic mass is 31.2. The lowest BCUT2D eigenvalue weighted by Crippen LogP contribution is -2.30. The van der Waals surface area contributed by atoms with E-state index >= 15 is 0 Å². The molecule has 0 spiro atoms. The molecule has 3 N–H and O–H groups in total. The maximum absolute atomic E-state index is 13.0. The minimum absolute atomic E-state index is 0.0855. The predicted octanol–water partition coefficient (Wildman–Crippen LogP) is 20.5. The molecule has 0 bridgehead atoms. The minimum atomic E-state index is -4.96. The summed E-state index contributed by atoms with van der Waals surface area (Å²) in [5.74, 6) is -1.38. The second-order valence-electron chi connectivity index (χ2n) is 25.5. The van der Waals surface area contributed by atoms with Gasteiger partial charge in [-0.1, -0.05) is 296 Å². The predicted molar refractivity (Wildman–Crippen MR) is 368 cm³/mol. The highest BCUT2D eigenvalue weighted by molar-refractivity contribution is 7.47. The van der Waals surface area contributed by atoms with Crippen molar-refractivity contribution in [2.24, 2.45) is 5.92 Å². The zero-order valence-electron chi connectivity index (χ0n) is 58.5. The van der Waals surface area contributed by atoms with E-state index in [9.17, 15) is 43.2 Å². The smallest absolute Gasteiger partial charge is 0.462 e. The van der Waals surface area contributed by atoms with E-state index in [2.05, 4.69) is 58.9 Å². The zero-order valence-corrected chi connectivity index (χ0v) is 60.3. The molecule has 0 aromatic carbocycles. The van der Waals surface area contributed by atoms with Crippen molar-refractivity contribution in [3.05, 3.63) is 24.3 Å². The van der Waals surface area contributed by atoms with Crippen molar-refractivity contribution in [2.45, 2.75) is 368 Å². The molecule has 0 aromatic heterocycles. The normalized spacial score (nSPS) is 14.5. The van der Waals surface area contributed by atoms with E-state index in [1.54, 1.807) is 0 Å². The van der Waals surface area contributed by atoms with Crippen molar-refractivity contribution in [3.8, 4) is 0 Å². The number of phosphoric ester groups is 2. The van der Waals surface area contributed by atoms with Crippen LogP contribution in [-0.4, -0.2) is 96.7 Å². The van der Waals surface area contributed by atoms with E-state index < -0.39 is 97.5 Å². The summed E-state index contributed by atoms with van der Waals surface area (Å²) in [6.45, 7) is 7.18. The van der Waals surface area contributed by atoms with Crippen molar-refractivity contribution in [2.75, 3.05) is 39.6 Å². The van der Waals surface area contributed by atoms with Gasteiger partial charge in [0.2, 0.25) is 0 Å². The third-order valence-corrected chi connectivity index (χ3v) is 18.4. The van der Waals surface area contributed by atoms with Gasteiger partial charge in [0.1, 0.15) is 19.3 Å². The first-order chi connectivity index (χ1) is 44.1. The van der Waals surface area contributed by atoms with Crippen LogP contribution in [0.25, 0.3) is 0 Å². The maximum atomic E-state index is 13.0. The van der Waals surface area contributed by atoms with Crippen molar-refractivity contribution in [1.29, 1.82) is 0 Å². The second kappa shape index (κ2) is 64.9. The van der Waals surface area contributed by atoms with Crippen LogP contribution in [0.5, 0.6) is 0 Å². The Morgan fingerprint density at radius 3 is 0.934 bits per heavy atom. The average Bonchev–Trinajstić information content (AvgIpc) is 3.42. The first-order valence-electron chi connectivity index (χ1n) is 37.0. The minimum Gasteiger partial charge on any atom is -0.462 e. The van der Waals surface area contributed by atoms with Crippen LogP contribution in [0.3, 0.4) is 0 Å². The average molecular weight is 1340 g/mol. The molecule has 19 heteroatoms. The third-order valence-electron chi connectivity index (χ3n) is 16.5. The fourth-order valence-corrected chi connectivity index (χ4v) is 12.0. The lowest BCUT2D eigenvalue weighted by atomic mass is 9.99. The van der Waals surface area contributed by atoms with Crippen molar-refractivity contribution in [3.63, 3.8) is 0 Å². The number of hydrogen-bond donors (Lipinski definition) is 3. The summed E-state index contributed by atoms with van der Waals surface area (Å²) in [6, 6.07) is 0. The molecule has 3 unspecified atom stereocenters. The van der Waals surface area contributed by atoms with E-state index in [1.807, 2.05) is 0 Å². The van der Waals surface area contributed by atoms with Crippen LogP contribution >= 0.6 is 15.6 Å². The molecule has 0 fully saturated rings. The molecule has 0 rings (SSSR count). The second-order valence-corrected chi connectivity index (χ2v) is 28.4. The molecule has 0 saturated carbocycles. The lowest BCUT2D eigenvalue weighted by molar-refractivity contribution is -0.161. The first kappa shape index (κ1) is 88.5. The summed E-state index contributed by atoms with van der Waals surface area (Å²) in [5, 5.41) is 10.6. The van der Waals surface area contributed by atoms with Crippen LogP contribution in [0.15, 0.2) is 24.3 Å². The molecule has 0 aliphatic heterocycles. The third kappa shape index (κ3) is 64.6. The molecule has 91 heavy (non-hydrogen) atoms. The van der Waals surface area contributed by atoms with Crippen molar-refractivity contribution >= 4 is 39.5 Å². The van der Waals surface area contributed by atoms with Gasteiger partial charge in [0.05, 0.1) is 26.4 Å². The van der Waals surface area contributed by atoms with Gasteiger partial charge in [-0.3, -0.25) is 37.3 Å². The molecule has 0 saturated heterocycles. The molecule has 0 heterocycles. The number of phosphoric acid groups is 2. The molecule has 17 nitrogen and oxygen atoms in total. The Morgan fingerprint density at radius 1 is 0.352 bits per heavy atom. The summed E-state index contributed by atoms with van der Waals surface area (Å²) in [4.78, 5) is 72.6. The van der Waals surface area contributed by atoms with Gasteiger partial charge in [-0.15, -0.1) is 0 Å². The van der Waals surface area contributed by atoms with Gasteiger partial charge in [0.25, 0.3) is 0 Å². The Bertz CT molecular complexity index is 1850. The molecule has 0 aliphatic carbocycles. The molecule has 0 aliphatic rings. The number of hydrogen-bond acceptors (Lipinski definition) is 15. The summed E-state index contributed by atoms with van der Waals surface area (Å²) >= 11 is 0. The Labute approximate surface area is 554 Å². The summed E-state index contributed by atoms with van der Waals surface area (Å²) < 4.78 is 68.3. The van der Waals surface area contributed by atoms with Gasteiger partial charge in [0, 0.05) is 25.7 Å². The largest absolute Gasteiger partial charge is 0.472 e. The van der Waals surface area contributed by atoms with E-state index in [1.165, 1.54) is 161 Å². The standard InChI is InChI=1S/C72H136O17P2/c1-6-10-13-16-19-22-25-27-29-31-33-36-42-47-52-57-71(76)88-67(61-83-70(75)56-51-46-41-35-32-30-28-26-23-20-17-14-11-7-2)63-86-90(78,79)84-59-66(73)60-85-91(80,81)87-64-68(62-82-69(74)55-50-45-40-34-24-21-18-15-12-8-3)89-72(77)58-53-48-43-38-37-39-44-49-54-65(5)9-4/h22,25,27,29,65-68,73H,6-21,23-24,26,28,30-64H2,1-5H3,(H,78,79)(H,80,81)/b25-22-,29-27-/t65?,66-,67-,68-/m1/s1. The first-order valence-corrected chi connectivity index (χ1v) is 40.0. The fraction of sp³-hybridized carbons (Fsp3) is 0.889. The molecule has 536 valence electrons. The number of carbonyl (C=O) groups is 4. The van der Waals surface area contributed by atoms with Crippen LogP contribution in [0.1, 0.15) is 349 Å². The number of esters is 4. The van der Waals surface area contributed by atoms with Gasteiger partial charge in [-0.2, -0.15) is 0 Å². The van der Waals surface area contributed by atoms with Gasteiger partial charge in [-0.25, -0.2) is 9.13 Å². The maximum Gasteiger partial charge on any atom is 0.472 e. The molecule has 0 aromatic rings. The fourth-order valence-electron chi connectivity index (χ4n) is 10.4. The summed E-state index contributed by atoms with van der Waals surface area (Å²) in [7, 11) is -9.91. The van der Waals surface area contributed by atoms with E-state index in [4.69, 9.17) is 37.0 Å². The Balaban J connectivity index is 5.29. The number of rotatable bonds is 70. The molecular formula is C72H136O17P2. The highest BCUT2D eigenvalue weighted by Gasteiger charge is 2.30. The van der Waals surface area contributed by atoms with Crippen LogP contribution in [0, 0.1) is 5.92 Å². The molecule has 6 atom stereocenters. The number of unbranched alkanes of at least 4 members (excludes halogenated alkanes) is 38. The molecule has 0 amide bonds. The van der Waals surface area contributed by atoms with E-state index in [0.717, 1.165) is 109 Å². The Kier molecular flexibility index (Phi) is 63.1. The Hall–Kier alpha value is -2.46. The van der Waals surface area contributed by atoms with Gasteiger partial charge in [0.15, 0.2) is 12.2 Å². The number of carbonyl (C=O) groups excluding carboxylic acids is 4. The molecule has 0 radical (unpaired) electrons. The Morgan fingerprint density at radius 2 is 0.615 bits per heavy atom. The lowest BCUT2D eigenvalue weighted by Gasteiger charge is -2.21. The number of aliphatic hydroxyl groups excluding tert-OH is 1. The van der Waals surface area contributed by atoms with Crippen molar-refractivity contribution < 1.29 is 80.2 Å². The van der Waals surface area contributed by atoms with Crippen molar-refractivity contribution in [1.82, 2.24) is 0 Å². The van der Waals surface area contributed by atoms with Crippen LogP contribution in [-0.2, 0) is 65.4 Å². The van der Waals surface area contributed by atoms with Crippen LogP contribution in [0.4, 0.5) is 0 Å². The summed E-state index contributed by atoms with van der Waals surface area (Å²) in [6.07, 6.45) is 54.7. The SMILES string of the molecule is CCCCCC/C=C\C=C/CCCCCCCC(=O)O[C@H](COC(=O)CCCCCCCCCCCCCCCC)COP(=O)(O)OC[C@@H](O)COP(=O)(O)OC[C@@H](COC(=O)CCCCCCCCCCCC)OC(=O)CCCCCCCCCCC(C)CC. The summed E-state index contributed by atoms with van der Waals surface area (Å²) in [5.41, 5.74) is 0. The van der Waals surface area contributed by atoms with Crippen LogP contribution in [0.2, 0.25) is 0 Å². The van der Waals surface area contributed by atoms with Gasteiger partial charge >= 0.3 is 39.5 Å². The number of allylic oxidation sites excluding steroid dienone is 4. The van der Waals surface area contributed by atoms with Gasteiger partial charge in [-0.05, 0) is 57.3 Å². The molecular weight excluding hydrogens is 1200 g/mol. The van der Waals surface area contributed by atoms with Crippen LogP contribution < -0.4 is 0 Å². The monoisotopic (exact) mass is 1330 g/mol. The van der Waals surface area contributed by atoms with E-state index in [-0.39, 0.29) is 25.7 Å². The van der Waals surface area contributed by atoms with Gasteiger partial charge < -0.3 is 33.8 Å². The topological polar surface area (TPSA) is 237 Å². The highest BCUT2D eigenvalue weighted by Crippen LogP contribution is 2.45.